The molecule has 0 saturated carbocycles. The molecule has 5 nitrogen and oxygen atoms in total. The van der Waals surface area contributed by atoms with Crippen LogP contribution in [0.25, 0.3) is 0 Å². The number of nitrogens with zero attached hydrogens (tertiary/aromatic N) is 1. The van der Waals surface area contributed by atoms with Crippen LogP contribution in [0.3, 0.4) is 0 Å². The smallest absolute Gasteiger partial charge is 0.195 e. The van der Waals surface area contributed by atoms with Crippen LogP contribution in [0.15, 0.2) is 23.2 Å². The molecule has 2 N–H and O–H groups in total. The van der Waals surface area contributed by atoms with Crippen molar-refractivity contribution in [3.8, 4) is 11.5 Å². The van der Waals surface area contributed by atoms with E-state index in [0.29, 0.717) is 11.5 Å². The number of benzene rings is 1. The van der Waals surface area contributed by atoms with Crippen LogP contribution in [-0.4, -0.2) is 33.8 Å². The lowest BCUT2D eigenvalue weighted by Gasteiger charge is -2.13. The van der Waals surface area contributed by atoms with Gasteiger partial charge >= 0.3 is 0 Å². The van der Waals surface area contributed by atoms with Gasteiger partial charge in [0, 0.05) is 25.3 Å². The monoisotopic (exact) mass is 365 g/mol. The topological polar surface area (TPSA) is 54.9 Å². The van der Waals surface area contributed by atoms with Crippen LogP contribution in [-0.2, 0) is 0 Å². The van der Waals surface area contributed by atoms with Crippen molar-refractivity contribution < 1.29 is 9.47 Å². The minimum atomic E-state index is 0. The van der Waals surface area contributed by atoms with E-state index in [1.54, 1.807) is 21.3 Å². The summed E-state index contributed by atoms with van der Waals surface area (Å²) in [6, 6.07) is 5.62. The molecule has 0 aliphatic carbocycles. The largest absolute Gasteiger partial charge is 0.493 e. The third kappa shape index (κ3) is 4.59. The van der Waals surface area contributed by atoms with Crippen LogP contribution in [0.5, 0.6) is 11.5 Å². The average molecular weight is 365 g/mol. The highest BCUT2D eigenvalue weighted by molar-refractivity contribution is 14.0. The first-order valence-corrected chi connectivity index (χ1v) is 5.44. The number of hydrogen-bond acceptors (Lipinski definition) is 3. The third-order valence-corrected chi connectivity index (χ3v) is 2.21. The predicted molar refractivity (Wildman–Crippen MR) is 85.6 cm³/mol. The van der Waals surface area contributed by atoms with Crippen molar-refractivity contribution in [1.82, 2.24) is 5.32 Å². The van der Waals surface area contributed by atoms with E-state index in [-0.39, 0.29) is 24.0 Å². The zero-order valence-electron chi connectivity index (χ0n) is 11.1. The number of aliphatic imine (C=N–C) groups is 1. The fourth-order valence-electron chi connectivity index (χ4n) is 1.40. The van der Waals surface area contributed by atoms with Crippen LogP contribution >= 0.6 is 24.0 Å². The molecule has 0 bridgehead atoms. The number of halogens is 1. The number of rotatable bonds is 4. The van der Waals surface area contributed by atoms with E-state index in [1.807, 2.05) is 25.1 Å². The van der Waals surface area contributed by atoms with Crippen molar-refractivity contribution in [2.75, 3.05) is 33.1 Å². The zero-order chi connectivity index (χ0) is 12.7. The number of methoxy groups -OCH3 is 2. The van der Waals surface area contributed by atoms with E-state index < -0.39 is 0 Å². The van der Waals surface area contributed by atoms with Gasteiger partial charge in [-0.2, -0.15) is 0 Å². The lowest BCUT2D eigenvalue weighted by molar-refractivity contribution is 0.355. The molecular weight excluding hydrogens is 345 g/mol. The van der Waals surface area contributed by atoms with Crippen LogP contribution in [0.2, 0.25) is 0 Å². The summed E-state index contributed by atoms with van der Waals surface area (Å²) in [7, 11) is 4.95. The van der Waals surface area contributed by atoms with Crippen molar-refractivity contribution in [3.05, 3.63) is 18.2 Å². The number of anilines is 1. The number of nitrogens with one attached hydrogen (secondary N) is 2. The van der Waals surface area contributed by atoms with E-state index >= 15 is 0 Å². The van der Waals surface area contributed by atoms with Crippen molar-refractivity contribution in [1.29, 1.82) is 0 Å². The molecule has 0 atom stereocenters. The van der Waals surface area contributed by atoms with Gasteiger partial charge in [0.1, 0.15) is 0 Å². The molecule has 0 heterocycles. The molecule has 6 heteroatoms. The highest BCUT2D eigenvalue weighted by atomic mass is 127. The van der Waals surface area contributed by atoms with Crippen LogP contribution in [0, 0.1) is 0 Å². The molecule has 1 aromatic rings. The Morgan fingerprint density at radius 2 is 1.89 bits per heavy atom. The Morgan fingerprint density at radius 1 is 1.22 bits per heavy atom. The van der Waals surface area contributed by atoms with Gasteiger partial charge in [-0.1, -0.05) is 0 Å². The second kappa shape index (κ2) is 8.84. The maximum atomic E-state index is 5.23. The highest BCUT2D eigenvalue weighted by Crippen LogP contribution is 2.29. The first kappa shape index (κ1) is 16.8. The molecule has 0 aromatic heterocycles. The molecule has 0 aliphatic rings. The van der Waals surface area contributed by atoms with Crippen molar-refractivity contribution in [3.63, 3.8) is 0 Å². The normalized spacial score (nSPS) is 10.3. The molecule has 0 unspecified atom stereocenters. The van der Waals surface area contributed by atoms with Gasteiger partial charge in [0.25, 0.3) is 0 Å². The molecule has 1 rings (SSSR count). The maximum Gasteiger partial charge on any atom is 0.195 e. The Balaban J connectivity index is 0.00000289. The summed E-state index contributed by atoms with van der Waals surface area (Å²) in [5.41, 5.74) is 0.893. The summed E-state index contributed by atoms with van der Waals surface area (Å²) in [5, 5.41) is 6.27. The number of guanidine groups is 1. The molecule has 0 amide bonds. The average Bonchev–Trinajstić information content (AvgIpc) is 2.38. The first-order valence-electron chi connectivity index (χ1n) is 5.44. The van der Waals surface area contributed by atoms with Crippen molar-refractivity contribution in [2.24, 2.45) is 4.99 Å². The molecule has 0 spiro atoms. The Morgan fingerprint density at radius 3 is 2.39 bits per heavy atom. The predicted octanol–water partition coefficient (Wildman–Crippen LogP) is 2.33. The molecule has 0 saturated heterocycles. The standard InChI is InChI=1S/C12H19N3O2.HI/c1-5-14-12(13-2)15-9-6-7-10(16-3)11(8-9)17-4;/h6-8H,5H2,1-4H3,(H2,13,14,15);1H. The van der Waals surface area contributed by atoms with E-state index in [0.717, 1.165) is 18.2 Å². The number of hydrogen-bond donors (Lipinski definition) is 2. The fraction of sp³-hybridized carbons (Fsp3) is 0.417. The van der Waals surface area contributed by atoms with Gasteiger partial charge in [0.05, 0.1) is 14.2 Å². The SMILES string of the molecule is CCNC(=NC)Nc1ccc(OC)c(OC)c1.I. The molecule has 18 heavy (non-hydrogen) atoms. The minimum Gasteiger partial charge on any atom is -0.493 e. The molecule has 0 aliphatic heterocycles. The lowest BCUT2D eigenvalue weighted by atomic mass is 10.3. The maximum absolute atomic E-state index is 5.23. The zero-order valence-corrected chi connectivity index (χ0v) is 13.4. The van der Waals surface area contributed by atoms with E-state index in [2.05, 4.69) is 15.6 Å². The Kier molecular flexibility index (Phi) is 8.27. The number of ether oxygens (including phenoxy) is 2. The lowest BCUT2D eigenvalue weighted by Crippen LogP contribution is -2.30. The second-order valence-electron chi connectivity index (χ2n) is 3.30. The minimum absolute atomic E-state index is 0. The summed E-state index contributed by atoms with van der Waals surface area (Å²) < 4.78 is 10.4. The molecule has 1 aromatic carbocycles. The molecule has 0 radical (unpaired) electrons. The van der Waals surface area contributed by atoms with Gasteiger partial charge in [0.2, 0.25) is 0 Å². The van der Waals surface area contributed by atoms with Gasteiger partial charge in [-0.3, -0.25) is 4.99 Å². The van der Waals surface area contributed by atoms with Gasteiger partial charge < -0.3 is 20.1 Å². The summed E-state index contributed by atoms with van der Waals surface area (Å²) in [4.78, 5) is 4.09. The van der Waals surface area contributed by atoms with Crippen molar-refractivity contribution >= 4 is 35.6 Å². The quantitative estimate of drug-likeness (QED) is 0.489. The summed E-state index contributed by atoms with van der Waals surface area (Å²) in [6.07, 6.45) is 0. The van der Waals surface area contributed by atoms with Crippen LogP contribution in [0.1, 0.15) is 6.92 Å². The van der Waals surface area contributed by atoms with Gasteiger partial charge in [-0.15, -0.1) is 24.0 Å². The Hall–Kier alpha value is -1.18. The van der Waals surface area contributed by atoms with E-state index in [9.17, 15) is 0 Å². The van der Waals surface area contributed by atoms with Crippen molar-refractivity contribution in [2.45, 2.75) is 6.92 Å². The fourth-order valence-corrected chi connectivity index (χ4v) is 1.40. The highest BCUT2D eigenvalue weighted by Gasteiger charge is 2.05. The summed E-state index contributed by atoms with van der Waals surface area (Å²) in [5.74, 6) is 2.11. The van der Waals surface area contributed by atoms with Gasteiger partial charge in [-0.25, -0.2) is 0 Å². The summed E-state index contributed by atoms with van der Waals surface area (Å²) >= 11 is 0. The first-order chi connectivity index (χ1) is 8.24. The van der Waals surface area contributed by atoms with Crippen LogP contribution in [0.4, 0.5) is 5.69 Å². The summed E-state index contributed by atoms with van der Waals surface area (Å²) in [6.45, 7) is 2.83. The molecule has 0 fully saturated rings. The van der Waals surface area contributed by atoms with E-state index in [1.165, 1.54) is 0 Å². The molecular formula is C12H20IN3O2. The van der Waals surface area contributed by atoms with E-state index in [4.69, 9.17) is 9.47 Å². The Labute approximate surface area is 125 Å². The Bertz CT molecular complexity index is 397. The van der Waals surface area contributed by atoms with Gasteiger partial charge in [-0.05, 0) is 19.1 Å². The third-order valence-electron chi connectivity index (χ3n) is 2.21. The van der Waals surface area contributed by atoms with Gasteiger partial charge in [0.15, 0.2) is 17.5 Å². The molecule has 102 valence electrons. The van der Waals surface area contributed by atoms with Crippen LogP contribution < -0.4 is 20.1 Å². The second-order valence-corrected chi connectivity index (χ2v) is 3.30.